The molecule has 0 amide bonds. The van der Waals surface area contributed by atoms with Gasteiger partial charge in [-0.15, -0.1) is 0 Å². The number of anilines is 1. The first-order chi connectivity index (χ1) is 9.92. The van der Waals surface area contributed by atoms with Crippen LogP contribution in [0, 0.1) is 12.7 Å². The van der Waals surface area contributed by atoms with Gasteiger partial charge in [0.2, 0.25) is 0 Å². The van der Waals surface area contributed by atoms with Gasteiger partial charge in [-0.25, -0.2) is 12.8 Å². The Bertz CT molecular complexity index is 728. The van der Waals surface area contributed by atoms with Crippen molar-refractivity contribution in [2.75, 3.05) is 11.3 Å². The number of hydrogen-bond donors (Lipinski definition) is 2. The van der Waals surface area contributed by atoms with E-state index in [4.69, 9.17) is 5.73 Å². The summed E-state index contributed by atoms with van der Waals surface area (Å²) in [6.07, 6.45) is 3.43. The molecular weight excluding hydrogens is 295 g/mol. The fourth-order valence-corrected chi connectivity index (χ4v) is 2.89. The third kappa shape index (κ3) is 3.79. The summed E-state index contributed by atoms with van der Waals surface area (Å²) in [7, 11) is -3.74. The highest BCUT2D eigenvalue weighted by molar-refractivity contribution is 7.92. The lowest BCUT2D eigenvalue weighted by molar-refractivity contribution is 0.582. The molecule has 0 unspecified atom stereocenters. The van der Waals surface area contributed by atoms with Crippen LogP contribution < -0.4 is 10.5 Å². The van der Waals surface area contributed by atoms with Crippen LogP contribution >= 0.6 is 0 Å². The number of aryl methyl sites for hydroxylation is 2. The minimum absolute atomic E-state index is 0.0586. The van der Waals surface area contributed by atoms with E-state index in [2.05, 4.69) is 9.82 Å². The van der Waals surface area contributed by atoms with E-state index >= 15 is 0 Å². The molecule has 0 saturated heterocycles. The van der Waals surface area contributed by atoms with Crippen molar-refractivity contribution in [1.82, 2.24) is 9.78 Å². The molecule has 8 heteroatoms. The Morgan fingerprint density at radius 3 is 2.86 bits per heavy atom. The zero-order chi connectivity index (χ0) is 15.5. The van der Waals surface area contributed by atoms with Gasteiger partial charge in [-0.2, -0.15) is 5.10 Å². The van der Waals surface area contributed by atoms with Crippen LogP contribution in [0.5, 0.6) is 0 Å². The van der Waals surface area contributed by atoms with E-state index in [-0.39, 0.29) is 4.90 Å². The van der Waals surface area contributed by atoms with Crippen LogP contribution in [0.1, 0.15) is 12.0 Å². The molecule has 0 bridgehead atoms. The predicted molar refractivity (Wildman–Crippen MR) is 77.8 cm³/mol. The fraction of sp³-hybridized carbons (Fsp3) is 0.308. The number of rotatable bonds is 6. The van der Waals surface area contributed by atoms with Crippen LogP contribution in [-0.4, -0.2) is 24.7 Å². The molecule has 3 N–H and O–H groups in total. The first kappa shape index (κ1) is 15.5. The van der Waals surface area contributed by atoms with Gasteiger partial charge < -0.3 is 5.73 Å². The molecule has 0 spiro atoms. The highest BCUT2D eigenvalue weighted by Gasteiger charge is 2.17. The molecule has 0 fully saturated rings. The Balaban J connectivity index is 2.19. The van der Waals surface area contributed by atoms with Crippen LogP contribution in [0.2, 0.25) is 0 Å². The Morgan fingerprint density at radius 1 is 1.43 bits per heavy atom. The number of halogens is 1. The molecule has 6 nitrogen and oxygen atoms in total. The molecule has 21 heavy (non-hydrogen) atoms. The van der Waals surface area contributed by atoms with E-state index in [1.165, 1.54) is 35.3 Å². The van der Waals surface area contributed by atoms with E-state index in [1.807, 2.05) is 0 Å². The number of nitrogens with two attached hydrogens (primary N) is 1. The zero-order valence-electron chi connectivity index (χ0n) is 11.6. The van der Waals surface area contributed by atoms with Crippen molar-refractivity contribution in [3.05, 3.63) is 42.0 Å². The molecule has 1 aromatic heterocycles. The molecule has 0 radical (unpaired) electrons. The minimum atomic E-state index is -3.74. The van der Waals surface area contributed by atoms with E-state index in [0.717, 1.165) is 0 Å². The van der Waals surface area contributed by atoms with E-state index < -0.39 is 15.8 Å². The first-order valence-electron chi connectivity index (χ1n) is 6.44. The predicted octanol–water partition coefficient (Wildman–Crippen LogP) is 1.48. The van der Waals surface area contributed by atoms with E-state index in [1.54, 1.807) is 6.92 Å². The number of benzene rings is 1. The second-order valence-electron chi connectivity index (χ2n) is 4.65. The van der Waals surface area contributed by atoms with Gasteiger partial charge in [0.15, 0.2) is 0 Å². The van der Waals surface area contributed by atoms with Crippen LogP contribution in [-0.2, 0) is 16.6 Å². The zero-order valence-corrected chi connectivity index (χ0v) is 12.4. The maximum atomic E-state index is 13.0. The maximum absolute atomic E-state index is 13.0. The monoisotopic (exact) mass is 312 g/mol. The van der Waals surface area contributed by atoms with Crippen LogP contribution in [0.25, 0.3) is 0 Å². The molecule has 2 aromatic rings. The smallest absolute Gasteiger partial charge is 0.265 e. The maximum Gasteiger partial charge on any atom is 0.265 e. The Morgan fingerprint density at radius 2 is 2.19 bits per heavy atom. The van der Waals surface area contributed by atoms with Crippen LogP contribution in [0.15, 0.2) is 35.5 Å². The van der Waals surface area contributed by atoms with Crippen molar-refractivity contribution >= 4 is 15.7 Å². The summed E-state index contributed by atoms with van der Waals surface area (Å²) in [6, 6.07) is 3.86. The summed E-state index contributed by atoms with van der Waals surface area (Å²) in [6.45, 7) is 2.70. The Kier molecular flexibility index (Phi) is 4.59. The molecule has 114 valence electrons. The summed E-state index contributed by atoms with van der Waals surface area (Å²) >= 11 is 0. The summed E-state index contributed by atoms with van der Waals surface area (Å²) in [5.74, 6) is -0.412. The van der Waals surface area contributed by atoms with Crippen molar-refractivity contribution in [3.63, 3.8) is 0 Å². The molecule has 0 aliphatic carbocycles. The van der Waals surface area contributed by atoms with E-state index in [9.17, 15) is 12.8 Å². The summed E-state index contributed by atoms with van der Waals surface area (Å²) in [5, 5.41) is 3.98. The molecule has 0 saturated carbocycles. The van der Waals surface area contributed by atoms with Crippen molar-refractivity contribution in [1.29, 1.82) is 0 Å². The summed E-state index contributed by atoms with van der Waals surface area (Å²) in [5.41, 5.74) is 6.25. The minimum Gasteiger partial charge on any atom is -0.330 e. The van der Waals surface area contributed by atoms with Gasteiger partial charge in [-0.05, 0) is 43.7 Å². The van der Waals surface area contributed by atoms with Crippen molar-refractivity contribution < 1.29 is 12.8 Å². The lowest BCUT2D eigenvalue weighted by Gasteiger charge is -2.09. The quantitative estimate of drug-likeness (QED) is 0.845. The van der Waals surface area contributed by atoms with Crippen molar-refractivity contribution in [3.8, 4) is 0 Å². The molecular formula is C13H17FN4O2S. The van der Waals surface area contributed by atoms with Gasteiger partial charge in [-0.1, -0.05) is 0 Å². The number of hydrogen-bond acceptors (Lipinski definition) is 4. The lowest BCUT2D eigenvalue weighted by Crippen LogP contribution is -2.13. The highest BCUT2D eigenvalue weighted by atomic mass is 32.2. The second kappa shape index (κ2) is 6.23. The average molecular weight is 312 g/mol. The standard InChI is InChI=1S/C13H17FN4O2S/c1-10-7-11(14)3-4-13(10)17-21(19,20)12-8-16-18(9-12)6-2-5-15/h3-4,7-9,17H,2,5-6,15H2,1H3. The van der Waals surface area contributed by atoms with Gasteiger partial charge in [-0.3, -0.25) is 9.40 Å². The first-order valence-corrected chi connectivity index (χ1v) is 7.92. The van der Waals surface area contributed by atoms with Crippen LogP contribution in [0.4, 0.5) is 10.1 Å². The Labute approximate surface area is 122 Å². The molecule has 0 atom stereocenters. The molecule has 0 aliphatic rings. The van der Waals surface area contributed by atoms with Gasteiger partial charge in [0.25, 0.3) is 10.0 Å². The van der Waals surface area contributed by atoms with Gasteiger partial charge in [0, 0.05) is 12.7 Å². The average Bonchev–Trinajstić information content (AvgIpc) is 2.89. The molecule has 1 aromatic carbocycles. The second-order valence-corrected chi connectivity index (χ2v) is 6.33. The van der Waals surface area contributed by atoms with E-state index in [0.29, 0.717) is 30.8 Å². The largest absolute Gasteiger partial charge is 0.330 e. The number of nitrogens with zero attached hydrogens (tertiary/aromatic N) is 2. The van der Waals surface area contributed by atoms with Crippen LogP contribution in [0.3, 0.4) is 0 Å². The van der Waals surface area contributed by atoms with Crippen molar-refractivity contribution in [2.24, 2.45) is 5.73 Å². The SMILES string of the molecule is Cc1cc(F)ccc1NS(=O)(=O)c1cnn(CCCN)c1. The summed E-state index contributed by atoms with van der Waals surface area (Å²) in [4.78, 5) is 0.0586. The molecule has 1 heterocycles. The highest BCUT2D eigenvalue weighted by Crippen LogP contribution is 2.20. The molecule has 0 aliphatic heterocycles. The van der Waals surface area contributed by atoms with Gasteiger partial charge in [0.1, 0.15) is 10.7 Å². The van der Waals surface area contributed by atoms with Gasteiger partial charge >= 0.3 is 0 Å². The Hall–Kier alpha value is -1.93. The fourth-order valence-electron chi connectivity index (χ4n) is 1.80. The number of sulfonamides is 1. The number of aromatic nitrogens is 2. The third-order valence-electron chi connectivity index (χ3n) is 2.94. The number of nitrogens with one attached hydrogen (secondary N) is 1. The molecule has 2 rings (SSSR count). The topological polar surface area (TPSA) is 90.0 Å². The van der Waals surface area contributed by atoms with Crippen molar-refractivity contribution in [2.45, 2.75) is 24.8 Å². The van der Waals surface area contributed by atoms with Gasteiger partial charge in [0.05, 0.1) is 11.9 Å². The summed E-state index contributed by atoms with van der Waals surface area (Å²) < 4.78 is 41.5. The normalized spacial score (nSPS) is 11.6. The lowest BCUT2D eigenvalue weighted by atomic mass is 10.2. The third-order valence-corrected chi connectivity index (χ3v) is 4.26.